The van der Waals surface area contributed by atoms with E-state index in [9.17, 15) is 9.59 Å². The number of nitrogens with one attached hydrogen (secondary N) is 1. The number of carbonyl (C=O) groups excluding carboxylic acids is 2. The van der Waals surface area contributed by atoms with E-state index >= 15 is 0 Å². The fourth-order valence-electron chi connectivity index (χ4n) is 1.11. The van der Waals surface area contributed by atoms with Crippen LogP contribution in [0.5, 0.6) is 0 Å². The van der Waals surface area contributed by atoms with Gasteiger partial charge in [-0.3, -0.25) is 4.79 Å². The van der Waals surface area contributed by atoms with Crippen LogP contribution in [0.2, 0.25) is 0 Å². The van der Waals surface area contributed by atoms with Crippen LogP contribution in [0.25, 0.3) is 6.08 Å². The largest absolute Gasteiger partial charge is 0.355 e. The highest BCUT2D eigenvalue weighted by atomic mass is 16.7. The first-order valence-corrected chi connectivity index (χ1v) is 5.29. The van der Waals surface area contributed by atoms with Crippen LogP contribution < -0.4 is 5.48 Å². The molecule has 18 heavy (non-hydrogen) atoms. The van der Waals surface area contributed by atoms with Gasteiger partial charge in [0.15, 0.2) is 0 Å². The van der Waals surface area contributed by atoms with E-state index in [1.807, 2.05) is 42.5 Å². The van der Waals surface area contributed by atoms with Gasteiger partial charge in [-0.1, -0.05) is 60.7 Å². The summed E-state index contributed by atoms with van der Waals surface area (Å²) in [6, 6.07) is 9.85. The molecule has 0 saturated carbocycles. The van der Waals surface area contributed by atoms with Crippen molar-refractivity contribution < 1.29 is 14.4 Å². The summed E-state index contributed by atoms with van der Waals surface area (Å²) in [5.74, 6) is -0.640. The second-order valence-electron chi connectivity index (χ2n) is 3.17. The van der Waals surface area contributed by atoms with Gasteiger partial charge in [-0.15, -0.1) is 0 Å². The molecule has 4 nitrogen and oxygen atoms in total. The Balaban J connectivity index is 2.33. The van der Waals surface area contributed by atoms with Crippen molar-refractivity contribution in [3.8, 4) is 0 Å². The van der Waals surface area contributed by atoms with Crippen molar-refractivity contribution in [3.05, 3.63) is 66.3 Å². The van der Waals surface area contributed by atoms with Gasteiger partial charge in [0.2, 0.25) is 6.41 Å². The van der Waals surface area contributed by atoms with E-state index in [-0.39, 0.29) is 6.41 Å². The average Bonchev–Trinajstić information content (AvgIpc) is 2.41. The van der Waals surface area contributed by atoms with Gasteiger partial charge in [0.05, 0.1) is 0 Å². The van der Waals surface area contributed by atoms with Gasteiger partial charge in [-0.05, 0) is 5.56 Å². The number of hydroxylamine groups is 1. The molecule has 0 bridgehead atoms. The van der Waals surface area contributed by atoms with Crippen LogP contribution in [0.15, 0.2) is 60.7 Å². The molecule has 0 radical (unpaired) electrons. The molecule has 4 heteroatoms. The summed E-state index contributed by atoms with van der Waals surface area (Å²) in [7, 11) is 0. The van der Waals surface area contributed by atoms with E-state index in [1.54, 1.807) is 17.6 Å². The predicted molar refractivity (Wildman–Crippen MR) is 69.0 cm³/mol. The topological polar surface area (TPSA) is 55.4 Å². The fraction of sp³-hybridized carbons (Fsp3) is 0. The quantitative estimate of drug-likeness (QED) is 0.360. The van der Waals surface area contributed by atoms with E-state index in [0.717, 1.165) is 5.56 Å². The lowest BCUT2D eigenvalue weighted by Gasteiger charge is -1.92. The summed E-state index contributed by atoms with van der Waals surface area (Å²) >= 11 is 0. The lowest BCUT2D eigenvalue weighted by molar-refractivity contribution is -0.149. The van der Waals surface area contributed by atoms with Crippen LogP contribution >= 0.6 is 0 Å². The zero-order valence-electron chi connectivity index (χ0n) is 9.65. The molecule has 0 heterocycles. The summed E-state index contributed by atoms with van der Waals surface area (Å²) in [5.41, 5.74) is 2.90. The fourth-order valence-corrected chi connectivity index (χ4v) is 1.11. The molecule has 92 valence electrons. The monoisotopic (exact) mass is 243 g/mol. The second-order valence-corrected chi connectivity index (χ2v) is 3.17. The molecule has 1 aromatic carbocycles. The molecule has 0 fully saturated rings. The number of hydrogen-bond donors (Lipinski definition) is 1. The molecule has 0 unspecified atom stereocenters. The third-order valence-electron chi connectivity index (χ3n) is 1.86. The van der Waals surface area contributed by atoms with Crippen LogP contribution in [-0.2, 0) is 14.4 Å². The van der Waals surface area contributed by atoms with E-state index in [0.29, 0.717) is 0 Å². The Morgan fingerprint density at radius 2 is 1.78 bits per heavy atom. The smallest absolute Gasteiger partial charge is 0.336 e. The molecule has 0 aliphatic carbocycles. The van der Waals surface area contributed by atoms with Crippen LogP contribution in [0, 0.1) is 0 Å². The Labute approximate surface area is 105 Å². The summed E-state index contributed by atoms with van der Waals surface area (Å²) < 4.78 is 0. The van der Waals surface area contributed by atoms with Crippen LogP contribution in [0.4, 0.5) is 0 Å². The number of rotatable bonds is 6. The van der Waals surface area contributed by atoms with Crippen molar-refractivity contribution in [3.63, 3.8) is 0 Å². The Morgan fingerprint density at radius 3 is 2.50 bits per heavy atom. The second kappa shape index (κ2) is 8.52. The highest BCUT2D eigenvalue weighted by Gasteiger charge is 1.91. The molecular formula is C14H13NO3. The number of amides is 1. The molecule has 1 rings (SSSR count). The molecule has 1 amide bonds. The van der Waals surface area contributed by atoms with Gasteiger partial charge in [0.1, 0.15) is 0 Å². The number of carbonyl (C=O) groups is 2. The van der Waals surface area contributed by atoms with Crippen LogP contribution in [0.1, 0.15) is 5.56 Å². The van der Waals surface area contributed by atoms with Crippen molar-refractivity contribution in [2.75, 3.05) is 0 Å². The van der Waals surface area contributed by atoms with Crippen molar-refractivity contribution in [1.82, 2.24) is 5.48 Å². The average molecular weight is 243 g/mol. The summed E-state index contributed by atoms with van der Waals surface area (Å²) in [4.78, 5) is 25.0. The lowest BCUT2D eigenvalue weighted by atomic mass is 10.2. The molecule has 0 aromatic heterocycles. The minimum absolute atomic E-state index is 0.282. The number of allylic oxidation sites excluding steroid dienone is 4. The van der Waals surface area contributed by atoms with Gasteiger partial charge in [-0.2, -0.15) is 5.48 Å². The molecule has 1 aromatic rings. The first-order valence-electron chi connectivity index (χ1n) is 5.29. The molecule has 0 spiro atoms. The Kier molecular flexibility index (Phi) is 6.37. The maximum absolute atomic E-state index is 10.9. The van der Waals surface area contributed by atoms with Crippen molar-refractivity contribution in [2.24, 2.45) is 0 Å². The zero-order chi connectivity index (χ0) is 13.1. The van der Waals surface area contributed by atoms with Gasteiger partial charge >= 0.3 is 5.97 Å². The number of hydrogen-bond acceptors (Lipinski definition) is 3. The molecule has 0 aliphatic heterocycles. The van der Waals surface area contributed by atoms with Gasteiger partial charge < -0.3 is 4.84 Å². The molecular weight excluding hydrogens is 230 g/mol. The molecule has 0 atom stereocenters. The van der Waals surface area contributed by atoms with Gasteiger partial charge in [-0.25, -0.2) is 4.79 Å². The Hall–Kier alpha value is -2.62. The Bertz CT molecular complexity index is 461. The summed E-state index contributed by atoms with van der Waals surface area (Å²) in [6.45, 7) is 0. The highest BCUT2D eigenvalue weighted by molar-refractivity contribution is 5.82. The Morgan fingerprint density at radius 1 is 1.06 bits per heavy atom. The van der Waals surface area contributed by atoms with Crippen LogP contribution in [-0.4, -0.2) is 12.4 Å². The maximum Gasteiger partial charge on any atom is 0.355 e. The first kappa shape index (κ1) is 13.4. The summed E-state index contributed by atoms with van der Waals surface area (Å²) in [5, 5.41) is 0. The minimum atomic E-state index is -0.640. The molecule has 0 saturated heterocycles. The summed E-state index contributed by atoms with van der Waals surface area (Å²) in [6.07, 6.45) is 10.3. The predicted octanol–water partition coefficient (Wildman–Crippen LogP) is 2.02. The number of benzene rings is 1. The van der Waals surface area contributed by atoms with Crippen molar-refractivity contribution >= 4 is 18.5 Å². The molecule has 1 N–H and O–H groups in total. The van der Waals surface area contributed by atoms with Crippen LogP contribution in [0.3, 0.4) is 0 Å². The van der Waals surface area contributed by atoms with E-state index in [1.165, 1.54) is 12.2 Å². The van der Waals surface area contributed by atoms with Gasteiger partial charge in [0.25, 0.3) is 0 Å². The van der Waals surface area contributed by atoms with Gasteiger partial charge in [0, 0.05) is 6.08 Å². The zero-order valence-corrected chi connectivity index (χ0v) is 9.65. The van der Waals surface area contributed by atoms with E-state index < -0.39 is 5.97 Å². The van der Waals surface area contributed by atoms with E-state index in [4.69, 9.17) is 0 Å². The standard InChI is InChI=1S/C14H13NO3/c16-12-15-18-14(17)11-7-2-1-4-8-13-9-5-3-6-10-13/h1-12H,(H,15,16)/b2-1+,8-4+,11-7+. The normalized spacial score (nSPS) is 11.1. The minimum Gasteiger partial charge on any atom is -0.336 e. The molecule has 0 aliphatic rings. The third kappa shape index (κ3) is 6.07. The van der Waals surface area contributed by atoms with Crippen molar-refractivity contribution in [2.45, 2.75) is 0 Å². The van der Waals surface area contributed by atoms with Crippen molar-refractivity contribution in [1.29, 1.82) is 0 Å². The lowest BCUT2D eigenvalue weighted by Crippen LogP contribution is -2.15. The highest BCUT2D eigenvalue weighted by Crippen LogP contribution is 2.00. The maximum atomic E-state index is 10.9. The van der Waals surface area contributed by atoms with E-state index in [2.05, 4.69) is 4.84 Å². The third-order valence-corrected chi connectivity index (χ3v) is 1.86. The first-order chi connectivity index (χ1) is 8.83. The SMILES string of the molecule is O=CNOC(=O)/C=C/C=C/C=C/c1ccccc1.